The Bertz CT molecular complexity index is 9050. The van der Waals surface area contributed by atoms with Crippen molar-refractivity contribution >= 4 is 245 Å². The number of morpholine rings is 1. The van der Waals surface area contributed by atoms with Crippen LogP contribution < -0.4 is 101 Å². The number of urea groups is 4. The molecular formula is C90H81Cl4N27O21S8. The highest BCUT2D eigenvalue weighted by atomic mass is 35.5. The molecule has 778 valence electrons. The summed E-state index contributed by atoms with van der Waals surface area (Å²) in [5, 5.41) is 20.4. The number of aromatic nitrogens is 12. The van der Waals surface area contributed by atoms with Crippen LogP contribution in [0.4, 0.5) is 59.0 Å². The zero-order valence-electron chi connectivity index (χ0n) is 77.4. The number of H-pyrrole nitrogens is 4. The van der Waals surface area contributed by atoms with Gasteiger partial charge < -0.3 is 71.7 Å². The van der Waals surface area contributed by atoms with Crippen molar-refractivity contribution in [3.63, 3.8) is 0 Å². The molecule has 15 N–H and O–H groups in total. The molecule has 2 fully saturated rings. The monoisotopic (exact) mass is 2270 g/mol. The lowest BCUT2D eigenvalue weighted by atomic mass is 10.1. The molecule has 60 heteroatoms. The predicted octanol–water partition coefficient (Wildman–Crippen LogP) is 9.11. The third-order valence-electron chi connectivity index (χ3n) is 22.8. The minimum Gasteiger partial charge on any atom is -0.384 e. The summed E-state index contributed by atoms with van der Waals surface area (Å²) < 4.78 is 115. The lowest BCUT2D eigenvalue weighted by molar-refractivity contribution is 0.0398. The highest BCUT2D eigenvalue weighted by molar-refractivity contribution is 7.93. The van der Waals surface area contributed by atoms with Crippen LogP contribution in [0.3, 0.4) is 0 Å². The SMILES string of the molecule is CN1CCN=C1c1ccc2c(=O)n(-c3ccc(NC(=O)NS(=O)(=O)c4ccc(Cl)s4)cn3)c(=O)[nH]c2c1.O=C(Nc1ccc(-n2c(=O)[nH]c3cc(NCCN4CCCC4)ccc3c2=O)nc1)NS(=O)(=O)c1ccc(Cl)s1.O=C(Nc1ccc(-n2c(=O)[nH]c3cc(NCCN4CCOCC4)ccc3c2=O)nc1)NS(=O)(=O)c1ccc(Cl)s1.O=C(Nc1ccc(-n2c(=O)[nH]c3cc4c(cc3c2=O)CCN4)nc1)NS(=O)(=O)c1ccc(Cl)s1. The van der Waals surface area contributed by atoms with E-state index in [1.165, 1.54) is 135 Å². The number of thiophene rings is 4. The van der Waals surface area contributed by atoms with Crippen LogP contribution in [0.2, 0.25) is 17.3 Å². The van der Waals surface area contributed by atoms with Gasteiger partial charge in [-0.3, -0.25) is 29.1 Å². The first-order valence-corrected chi connectivity index (χ1v) is 55.4. The first-order chi connectivity index (χ1) is 71.7. The molecule has 16 aromatic rings. The predicted molar refractivity (Wildman–Crippen MR) is 573 cm³/mol. The summed E-state index contributed by atoms with van der Waals surface area (Å²) in [6.07, 6.45) is 8.02. The van der Waals surface area contributed by atoms with Gasteiger partial charge in [-0.15, -0.1) is 45.3 Å². The van der Waals surface area contributed by atoms with E-state index in [1.807, 2.05) is 30.8 Å². The smallest absolute Gasteiger partial charge is 0.334 e. The Hall–Kier alpha value is -15.2. The largest absolute Gasteiger partial charge is 0.384 e. The first kappa shape index (κ1) is 106. The highest BCUT2D eigenvalue weighted by Crippen LogP contribution is 2.32. The second-order valence-electron chi connectivity index (χ2n) is 32.9. The van der Waals surface area contributed by atoms with Gasteiger partial charge in [0.2, 0.25) is 0 Å². The average Bonchev–Trinajstić information content (AvgIpc) is 1.25. The van der Waals surface area contributed by atoms with Crippen molar-refractivity contribution in [1.29, 1.82) is 0 Å². The van der Waals surface area contributed by atoms with Crippen molar-refractivity contribution in [2.24, 2.45) is 4.99 Å². The topological polar surface area (TPSA) is 639 Å². The quantitative estimate of drug-likeness (QED) is 0.0253. The number of likely N-dealkylation sites (N-methyl/N-ethyl adjacent to an activating group) is 1. The summed E-state index contributed by atoms with van der Waals surface area (Å²) in [4.78, 5) is 190. The van der Waals surface area contributed by atoms with E-state index in [2.05, 4.69) is 91.9 Å². The van der Waals surface area contributed by atoms with E-state index in [1.54, 1.807) is 66.7 Å². The summed E-state index contributed by atoms with van der Waals surface area (Å²) in [5.74, 6) is 0.894. The van der Waals surface area contributed by atoms with Crippen molar-refractivity contribution in [2.75, 3.05) is 129 Å². The molecule has 4 aromatic carbocycles. The molecule has 0 bridgehead atoms. The van der Waals surface area contributed by atoms with Crippen LogP contribution in [-0.4, -0.2) is 229 Å². The van der Waals surface area contributed by atoms with Crippen molar-refractivity contribution in [2.45, 2.75) is 36.1 Å². The number of benzene rings is 4. The fourth-order valence-corrected chi connectivity index (χ4v) is 25.3. The Morgan fingerprint density at radius 1 is 0.380 bits per heavy atom. The summed E-state index contributed by atoms with van der Waals surface area (Å²) in [7, 11) is -14.5. The van der Waals surface area contributed by atoms with Gasteiger partial charge in [-0.2, -0.15) is 0 Å². The molecule has 150 heavy (non-hydrogen) atoms. The van der Waals surface area contributed by atoms with Crippen LogP contribution in [-0.2, 0) is 51.3 Å². The molecule has 4 aliphatic heterocycles. The Morgan fingerprint density at radius 2 is 0.707 bits per heavy atom. The number of anilines is 7. The number of halogens is 4. The number of amidine groups is 1. The van der Waals surface area contributed by atoms with Crippen LogP contribution in [0, 0.1) is 0 Å². The van der Waals surface area contributed by atoms with Crippen LogP contribution in [0.5, 0.6) is 0 Å². The number of hydrogen-bond acceptors (Lipinski definition) is 36. The standard InChI is InChI=1S/C24H24ClN7O6S2.C24H24ClN7O5S2.C22H18ClN7O5S2.C20H15ClN6O5S2/c25-19-4-6-21(39-19)40(36,37)30-23(34)28-16-2-5-20(27-14-16)32-22(33)17-3-1-15(13-18(17)29-24(32)35)26-7-8-31-9-11-38-12-10-31;25-19-6-8-21(38-19)39(36,37)30-23(34)28-16-4-7-20(27-14-16)32-22(33)17-5-3-15(13-18(17)29-24(32)35)26-9-12-31-10-1-2-11-31;1-29-9-8-24-19(29)12-2-4-14-15(10-12)27-22(33)30(20(14)31)17-6-3-13(11-25-17)26-21(32)28-37(34,35)18-7-5-16(23)36-18;21-15-2-4-17(33-15)34(31,32)26-19(29)24-11-1-3-16(23-9-11)27-18(28)12-7-10-5-6-22-13(10)8-14(12)25-20(27)30/h1-6,13-14,26H,7-12H2,(H,29,35)(H2,28,30,34);3-8,13-14,26H,1-2,9-12H2,(H,29,35)(H2,28,30,34);2-7,10-11H,8-9H2,1H3,(H,27,33)(H2,26,28,32);1-4,7-9,22H,5-6H2,(H,25,30)(H2,24,26,29). The van der Waals surface area contributed by atoms with E-state index < -0.39 is 109 Å². The number of sulfonamides is 4. The number of rotatable bonds is 25. The number of nitrogens with zero attached hydrogens (tertiary/aromatic N) is 12. The maximum absolute atomic E-state index is 13.1. The number of carbonyl (C=O) groups excluding carboxylic acids is 4. The molecule has 4 aliphatic rings. The maximum atomic E-state index is 13.1. The molecule has 0 spiro atoms. The van der Waals surface area contributed by atoms with Gasteiger partial charge in [0.25, 0.3) is 62.3 Å². The molecule has 48 nitrogen and oxygen atoms in total. The van der Waals surface area contributed by atoms with Gasteiger partial charge in [-0.1, -0.05) is 52.5 Å². The molecule has 12 aromatic heterocycles. The summed E-state index contributed by atoms with van der Waals surface area (Å²) in [5.41, 5.74) is 1.43. The van der Waals surface area contributed by atoms with E-state index in [0.29, 0.717) is 51.3 Å². The minimum atomic E-state index is -4.11. The Morgan fingerprint density at radius 3 is 1.03 bits per heavy atom. The number of ether oxygens (including phenoxy) is 1. The second kappa shape index (κ2) is 45.5. The second-order valence-corrected chi connectivity index (χ2v) is 47.4. The molecule has 8 amide bonds. The third-order valence-corrected chi connectivity index (χ3v) is 35.0. The summed E-state index contributed by atoms with van der Waals surface area (Å²) in [6, 6.07) is 36.5. The van der Waals surface area contributed by atoms with Gasteiger partial charge in [0.1, 0.15) is 45.9 Å². The molecule has 20 rings (SSSR count). The number of aliphatic imine (C=N–C) groups is 1. The zero-order chi connectivity index (χ0) is 106. The van der Waals surface area contributed by atoms with Crippen LogP contribution in [0.25, 0.3) is 66.9 Å². The number of aromatic amines is 4. The van der Waals surface area contributed by atoms with Crippen molar-refractivity contribution in [1.82, 2.24) is 91.7 Å². The molecule has 0 unspecified atom stereocenters. The number of hydrogen-bond donors (Lipinski definition) is 15. The Labute approximate surface area is 881 Å². The number of pyridine rings is 4. The fourth-order valence-electron chi connectivity index (χ4n) is 15.7. The first-order valence-electron chi connectivity index (χ1n) is 44.6. The van der Waals surface area contributed by atoms with Gasteiger partial charge in [-0.05, 0) is 196 Å². The lowest BCUT2D eigenvalue weighted by Gasteiger charge is -2.26. The zero-order valence-corrected chi connectivity index (χ0v) is 87.0. The number of amides is 8. The van der Waals surface area contributed by atoms with E-state index in [4.69, 9.17) is 51.1 Å². The molecule has 0 atom stereocenters. The number of carbonyl (C=O) groups is 4. The van der Waals surface area contributed by atoms with E-state index >= 15 is 0 Å². The van der Waals surface area contributed by atoms with Gasteiger partial charge >= 0.3 is 46.9 Å². The van der Waals surface area contributed by atoms with Crippen LogP contribution in [0.1, 0.15) is 24.0 Å². The number of fused-ring (bicyclic) bond motifs is 5. The van der Waals surface area contributed by atoms with Crippen LogP contribution in [0.15, 0.2) is 249 Å². The van der Waals surface area contributed by atoms with Crippen LogP contribution >= 0.6 is 91.8 Å². The van der Waals surface area contributed by atoms with Crippen molar-refractivity contribution in [3.05, 3.63) is 300 Å². The molecular weight excluding hydrogens is 2190 g/mol. The fraction of sp³-hybridized carbons (Fsp3) is 0.189. The molecule has 2 saturated heterocycles. The molecule has 16 heterocycles. The highest BCUT2D eigenvalue weighted by Gasteiger charge is 2.29. The summed E-state index contributed by atoms with van der Waals surface area (Å²) >= 11 is 26.2. The van der Waals surface area contributed by atoms with E-state index in [-0.39, 0.29) is 85.6 Å². The minimum absolute atomic E-state index is 0.0175. The van der Waals surface area contributed by atoms with Gasteiger partial charge in [0, 0.05) is 82.0 Å². The normalized spacial score (nSPS) is 13.7. The Kier molecular flexibility index (Phi) is 32.2. The summed E-state index contributed by atoms with van der Waals surface area (Å²) in [6.45, 7) is 10.9. The van der Waals surface area contributed by atoms with Gasteiger partial charge in [0.05, 0.1) is 128 Å². The van der Waals surface area contributed by atoms with E-state index in [9.17, 15) is 91.2 Å². The molecule has 0 aliphatic carbocycles. The van der Waals surface area contributed by atoms with E-state index in [0.717, 1.165) is 176 Å². The van der Waals surface area contributed by atoms with Crippen molar-refractivity contribution in [3.8, 4) is 23.3 Å². The van der Waals surface area contributed by atoms with Gasteiger partial charge in [0.15, 0.2) is 0 Å². The molecule has 0 radical (unpaired) electrons. The third kappa shape index (κ3) is 25.2. The average molecular weight is 2280 g/mol. The Balaban J connectivity index is 0.000000136. The van der Waals surface area contributed by atoms with Crippen molar-refractivity contribution < 1.29 is 57.6 Å². The number of likely N-dealkylation sites (tertiary alicyclic amines) is 1. The molecule has 0 saturated carbocycles. The number of nitrogens with one attached hydrogen (secondary N) is 15. The lowest BCUT2D eigenvalue weighted by Crippen LogP contribution is -2.39. The van der Waals surface area contributed by atoms with Gasteiger partial charge in [-0.25, -0.2) is 129 Å². The maximum Gasteiger partial charge on any atom is 0.334 e.